The summed E-state index contributed by atoms with van der Waals surface area (Å²) >= 11 is 0. The van der Waals surface area contributed by atoms with E-state index in [-0.39, 0.29) is 22.7 Å². The second kappa shape index (κ2) is 17.0. The molecule has 0 fully saturated rings. The first-order chi connectivity index (χ1) is 29.2. The highest BCUT2D eigenvalue weighted by Crippen LogP contribution is 2.37. The molecule has 6 heterocycles. The Morgan fingerprint density at radius 1 is 0.619 bits per heavy atom. The molecule has 6 aromatic rings. The van der Waals surface area contributed by atoms with Gasteiger partial charge in [0.05, 0.1) is 52.0 Å². The third kappa shape index (κ3) is 9.71. The van der Waals surface area contributed by atoms with E-state index in [1.807, 2.05) is 0 Å². The van der Waals surface area contributed by atoms with Crippen molar-refractivity contribution in [2.75, 3.05) is 18.7 Å². The number of aromatic amines is 1. The maximum absolute atomic E-state index is 13.2. The summed E-state index contributed by atoms with van der Waals surface area (Å²) in [6.07, 6.45) is -18.7. The zero-order chi connectivity index (χ0) is 48.9. The summed E-state index contributed by atoms with van der Waals surface area (Å²) in [5.74, 6) is -1.87. The van der Waals surface area contributed by atoms with Gasteiger partial charge in [0, 0.05) is 33.5 Å². The van der Waals surface area contributed by atoms with Gasteiger partial charge >= 0.3 is 24.7 Å². The Bertz CT molecular complexity index is 3100. The first-order valence-electron chi connectivity index (χ1n) is 17.6. The van der Waals surface area contributed by atoms with E-state index in [2.05, 4.69) is 19.9 Å². The van der Waals surface area contributed by atoms with Crippen LogP contribution in [0.25, 0.3) is 45.1 Å². The lowest BCUT2D eigenvalue weighted by molar-refractivity contribution is -0.143. The van der Waals surface area contributed by atoms with Crippen molar-refractivity contribution in [1.29, 1.82) is 0 Å². The number of alkyl halides is 13. The summed E-state index contributed by atoms with van der Waals surface area (Å²) in [5.41, 5.74) is -10.0. The number of nitrogens with one attached hydrogen (secondary N) is 1. The van der Waals surface area contributed by atoms with E-state index in [0.717, 1.165) is 16.2 Å². The molecule has 6 aromatic heterocycles. The highest BCUT2D eigenvalue weighted by molar-refractivity contribution is 7.91. The van der Waals surface area contributed by atoms with Gasteiger partial charge in [0.25, 0.3) is 11.1 Å². The van der Waals surface area contributed by atoms with E-state index in [9.17, 15) is 83.5 Å². The summed E-state index contributed by atoms with van der Waals surface area (Å²) in [7, 11) is -6.15. The van der Waals surface area contributed by atoms with Crippen LogP contribution in [0.2, 0.25) is 0 Å². The third-order valence-corrected chi connectivity index (χ3v) is 12.4. The van der Waals surface area contributed by atoms with Crippen LogP contribution >= 0.6 is 0 Å². The molecule has 0 spiro atoms. The number of aromatic nitrogens is 8. The number of imidazole rings is 2. The second-order valence-electron chi connectivity index (χ2n) is 12.8. The number of sulfone groups is 2. The van der Waals surface area contributed by atoms with Gasteiger partial charge in [0.15, 0.2) is 31.3 Å². The minimum Gasteiger partial charge on any atom is -0.321 e. The number of aryl methyl sites for hydroxylation is 2. The van der Waals surface area contributed by atoms with Gasteiger partial charge in [-0.1, -0.05) is 13.8 Å². The number of nitrogens with zero attached hydrogens (tertiary/aromatic N) is 7. The molecule has 0 aliphatic carbocycles. The molecule has 0 aliphatic rings. The number of fused-ring (bicyclic) bond motifs is 2. The molecule has 0 aliphatic heterocycles. The highest BCUT2D eigenvalue weighted by atomic mass is 32.2. The van der Waals surface area contributed by atoms with Crippen LogP contribution in [0.3, 0.4) is 0 Å². The van der Waals surface area contributed by atoms with Crippen LogP contribution in [0, 0.1) is 0 Å². The SMILES string of the molecule is CCS(=O)(=O)c1cc(C(F)(F)F)cnc1-c1nc2cc(C(F)(F)F)[nH]c(=O)c2n1C.CCS(=O)(=O)c1cc(C(F)(F)F)cnc1-c1nc2cc(C(F)(F)F)n(C)c(=O)c2n1C.[2H]CF. The zero-order valence-corrected chi connectivity index (χ0v) is 34.0. The largest absolute Gasteiger partial charge is 0.431 e. The van der Waals surface area contributed by atoms with Gasteiger partial charge in [0.1, 0.15) is 33.8 Å². The fourth-order valence-corrected chi connectivity index (χ4v) is 7.89. The smallest absolute Gasteiger partial charge is 0.321 e. The van der Waals surface area contributed by atoms with Crippen LogP contribution in [0.1, 0.15) is 37.7 Å². The Balaban J connectivity index is 0.000000265. The average Bonchev–Trinajstić information content (AvgIpc) is 3.70. The number of halogens is 13. The molecule has 0 aromatic carbocycles. The monoisotopic (exact) mass is 957 g/mol. The normalized spacial score (nSPS) is 13.1. The highest BCUT2D eigenvalue weighted by Gasteiger charge is 2.38. The quantitative estimate of drug-likeness (QED) is 0.172. The molecular weight excluding hydrogens is 928 g/mol. The minimum atomic E-state index is -4.88. The molecule has 344 valence electrons. The van der Waals surface area contributed by atoms with Crippen LogP contribution < -0.4 is 11.1 Å². The minimum absolute atomic E-state index is 0.299. The topological polar surface area (TPSA) is 185 Å². The molecule has 0 radical (unpaired) electrons. The molecule has 0 bridgehead atoms. The van der Waals surface area contributed by atoms with Gasteiger partial charge in [-0.15, -0.1) is 0 Å². The van der Waals surface area contributed by atoms with Gasteiger partial charge in [-0.25, -0.2) is 26.8 Å². The lowest BCUT2D eigenvalue weighted by atomic mass is 10.2. The standard InChI is InChI=1S/C17H14F6N4O3S.C16H12F6N4O3S.CH3F/c1-4-31(29,30)10-5-8(16(18,19)20)7-24-12(10)14-25-9-6-11(17(21,22)23)26(2)15(28)13(9)27(14)3;1-3-30(28,29)9-4-7(15(17,18)19)6-23-11(9)13-24-8-5-10(16(20,21)22)25-14(27)12(8)26(13)2;1-2/h5-7H,4H2,1-3H3;4-6H,3H2,1-2H3,(H,25,27);1H3/i;;1D. The Kier molecular flexibility index (Phi) is 13.0. The number of hydrogen-bond acceptors (Lipinski definition) is 10. The van der Waals surface area contributed by atoms with E-state index >= 15 is 0 Å². The molecule has 0 saturated carbocycles. The first kappa shape index (κ1) is 48.2. The third-order valence-electron chi connectivity index (χ3n) is 8.94. The Morgan fingerprint density at radius 2 is 1.02 bits per heavy atom. The van der Waals surface area contributed by atoms with Crippen LogP contribution in [0.15, 0.2) is 56.0 Å². The lowest BCUT2D eigenvalue weighted by Gasteiger charge is -2.13. The van der Waals surface area contributed by atoms with Crippen molar-refractivity contribution in [3.05, 3.63) is 79.9 Å². The molecule has 0 unspecified atom stereocenters. The molecule has 29 heteroatoms. The summed E-state index contributed by atoms with van der Waals surface area (Å²) in [5, 5.41) is 0. The summed E-state index contributed by atoms with van der Waals surface area (Å²) in [6, 6.07) is 1.91. The molecule has 0 amide bonds. The average molecular weight is 958 g/mol. The molecule has 63 heavy (non-hydrogen) atoms. The molecule has 6 rings (SSSR count). The van der Waals surface area contributed by atoms with Gasteiger partial charge in [-0.05, 0) is 24.3 Å². The molecule has 0 saturated heterocycles. The van der Waals surface area contributed by atoms with Gasteiger partial charge < -0.3 is 18.7 Å². The molecule has 1 N–H and O–H groups in total. The zero-order valence-electron chi connectivity index (χ0n) is 33.4. The van der Waals surface area contributed by atoms with E-state index in [0.29, 0.717) is 41.2 Å². The van der Waals surface area contributed by atoms with Crippen LogP contribution in [0.5, 0.6) is 0 Å². The predicted octanol–water partition coefficient (Wildman–Crippen LogP) is 6.91. The maximum Gasteiger partial charge on any atom is 0.431 e. The van der Waals surface area contributed by atoms with Gasteiger partial charge in [-0.3, -0.25) is 23.9 Å². The van der Waals surface area contributed by atoms with Crippen molar-refractivity contribution in [3.63, 3.8) is 0 Å². The predicted molar refractivity (Wildman–Crippen MR) is 196 cm³/mol. The number of pyridine rings is 4. The van der Waals surface area contributed by atoms with Crippen molar-refractivity contribution < 1.29 is 75.3 Å². The maximum atomic E-state index is 13.2. The van der Waals surface area contributed by atoms with E-state index in [1.54, 1.807) is 4.98 Å². The van der Waals surface area contributed by atoms with Crippen LogP contribution in [0.4, 0.5) is 57.1 Å². The van der Waals surface area contributed by atoms with Crippen LogP contribution in [-0.4, -0.2) is 74.1 Å². The Labute approximate surface area is 346 Å². The fourth-order valence-electron chi connectivity index (χ4n) is 5.78. The number of rotatable bonds is 6. The van der Waals surface area contributed by atoms with Crippen molar-refractivity contribution in [1.82, 2.24) is 38.6 Å². The van der Waals surface area contributed by atoms with Crippen LogP contribution in [-0.2, 0) is 65.5 Å². The Hall–Kier alpha value is -5.87. The van der Waals surface area contributed by atoms with Crippen molar-refractivity contribution in [2.24, 2.45) is 21.1 Å². The van der Waals surface area contributed by atoms with E-state index < -0.39 is 129 Å². The first-order valence-corrected chi connectivity index (χ1v) is 20.2. The lowest BCUT2D eigenvalue weighted by Crippen LogP contribution is -2.26. The molecule has 0 atom stereocenters. The Morgan fingerprint density at radius 3 is 1.38 bits per heavy atom. The fraction of sp³-hybridized carbons (Fsp3) is 0.353. The van der Waals surface area contributed by atoms with Crippen molar-refractivity contribution >= 4 is 41.7 Å². The second-order valence-corrected chi connectivity index (χ2v) is 17.3. The van der Waals surface area contributed by atoms with Gasteiger partial charge in [0.2, 0.25) is 0 Å². The summed E-state index contributed by atoms with van der Waals surface area (Å²) in [4.78, 5) is 39.6. The summed E-state index contributed by atoms with van der Waals surface area (Å²) < 4.78 is 224. The number of hydrogen-bond donors (Lipinski definition) is 1. The molecular formula is C34H29F13N8O6S2. The van der Waals surface area contributed by atoms with Crippen molar-refractivity contribution in [3.8, 4) is 23.0 Å². The van der Waals surface area contributed by atoms with Crippen molar-refractivity contribution in [2.45, 2.75) is 48.3 Å². The van der Waals surface area contributed by atoms with Gasteiger partial charge in [-0.2, -0.15) is 52.7 Å². The summed E-state index contributed by atoms with van der Waals surface area (Å²) in [6.45, 7) is 2.41. The number of H-pyrrole nitrogens is 1. The molecule has 14 nitrogen and oxygen atoms in total. The van der Waals surface area contributed by atoms with E-state index in [4.69, 9.17) is 1.37 Å². The van der Waals surface area contributed by atoms with E-state index in [1.165, 1.54) is 27.9 Å².